The van der Waals surface area contributed by atoms with Gasteiger partial charge in [0.1, 0.15) is 5.82 Å². The Balaban J connectivity index is 2.21. The Labute approximate surface area is 99.2 Å². The molecule has 16 heavy (non-hydrogen) atoms. The minimum absolute atomic E-state index is 0.178. The van der Waals surface area contributed by atoms with E-state index in [9.17, 15) is 0 Å². The molecule has 1 aromatic heterocycles. The van der Waals surface area contributed by atoms with Gasteiger partial charge in [-0.2, -0.15) is 26.7 Å². The first-order chi connectivity index (χ1) is 7.72. The fourth-order valence-electron chi connectivity index (χ4n) is 1.09. The summed E-state index contributed by atoms with van der Waals surface area (Å²) in [6.07, 6.45) is 1.02. The molecule has 90 valence electrons. The summed E-state index contributed by atoms with van der Waals surface area (Å²) >= 11 is 1.73. The number of aromatic nitrogens is 3. The average Bonchev–Trinajstić information content (AvgIpc) is 2.22. The Kier molecular flexibility index (Phi) is 5.87. The Morgan fingerprint density at radius 1 is 1.19 bits per heavy atom. The van der Waals surface area contributed by atoms with E-state index in [2.05, 4.69) is 15.0 Å². The normalized spacial score (nSPS) is 10.6. The second kappa shape index (κ2) is 7.24. The number of ether oxygens (including phenoxy) is 1. The number of anilines is 2. The fourth-order valence-corrected chi connectivity index (χ4v) is 1.87. The number of hydrogen-bond donors (Lipinski definition) is 2. The molecule has 4 N–H and O–H groups in total. The third-order valence-corrected chi connectivity index (χ3v) is 2.77. The monoisotopic (exact) mass is 243 g/mol. The lowest BCUT2D eigenvalue weighted by molar-refractivity contribution is 0.149. The molecule has 6 nitrogen and oxygen atoms in total. The van der Waals surface area contributed by atoms with Crippen molar-refractivity contribution >= 4 is 23.7 Å². The van der Waals surface area contributed by atoms with E-state index in [0.29, 0.717) is 11.6 Å². The Bertz CT molecular complexity index is 303. The van der Waals surface area contributed by atoms with Crippen LogP contribution in [0.2, 0.25) is 0 Å². The van der Waals surface area contributed by atoms with Crippen molar-refractivity contribution in [3.05, 3.63) is 5.82 Å². The number of rotatable bonds is 7. The largest absolute Gasteiger partial charge is 0.382 e. The molecule has 1 rings (SSSR count). The standard InChI is InChI=1S/C9H17N5OS/c1-2-15-4-3-5-16-6-7-12-8(10)14-9(11)13-7/h2-6H2,1H3,(H4,10,11,12,13,14). The summed E-state index contributed by atoms with van der Waals surface area (Å²) in [6, 6.07) is 0. The molecule has 0 radical (unpaired) electrons. The summed E-state index contributed by atoms with van der Waals surface area (Å²) in [7, 11) is 0. The smallest absolute Gasteiger partial charge is 0.225 e. The van der Waals surface area contributed by atoms with Crippen LogP contribution in [0.25, 0.3) is 0 Å². The van der Waals surface area contributed by atoms with Crippen LogP contribution in [0.1, 0.15) is 19.2 Å². The van der Waals surface area contributed by atoms with Gasteiger partial charge >= 0.3 is 0 Å². The molecular formula is C9H17N5OS. The summed E-state index contributed by atoms with van der Waals surface area (Å²) < 4.78 is 5.23. The van der Waals surface area contributed by atoms with Crippen molar-refractivity contribution in [1.29, 1.82) is 0 Å². The maximum atomic E-state index is 5.46. The molecule has 0 atom stereocenters. The first-order valence-electron chi connectivity index (χ1n) is 5.13. The summed E-state index contributed by atoms with van der Waals surface area (Å²) in [4.78, 5) is 11.7. The van der Waals surface area contributed by atoms with Gasteiger partial charge in [-0.15, -0.1) is 0 Å². The molecule has 0 fully saturated rings. The van der Waals surface area contributed by atoms with Crippen molar-refractivity contribution in [3.63, 3.8) is 0 Å². The van der Waals surface area contributed by atoms with E-state index in [1.54, 1.807) is 11.8 Å². The van der Waals surface area contributed by atoms with Gasteiger partial charge in [-0.25, -0.2) is 0 Å². The summed E-state index contributed by atoms with van der Waals surface area (Å²) in [5, 5.41) is 0. The van der Waals surface area contributed by atoms with Crippen molar-refractivity contribution in [2.24, 2.45) is 0 Å². The second-order valence-electron chi connectivity index (χ2n) is 3.07. The lowest BCUT2D eigenvalue weighted by Crippen LogP contribution is -2.06. The predicted molar refractivity (Wildman–Crippen MR) is 65.9 cm³/mol. The van der Waals surface area contributed by atoms with Crippen LogP contribution >= 0.6 is 11.8 Å². The van der Waals surface area contributed by atoms with Crippen molar-refractivity contribution in [2.75, 3.05) is 30.4 Å². The SMILES string of the molecule is CCOCCCSCc1nc(N)nc(N)n1. The van der Waals surface area contributed by atoms with Crippen LogP contribution in [0.4, 0.5) is 11.9 Å². The Morgan fingerprint density at radius 2 is 1.88 bits per heavy atom. The Morgan fingerprint density at radius 3 is 2.50 bits per heavy atom. The van der Waals surface area contributed by atoms with Gasteiger partial charge in [0.25, 0.3) is 0 Å². The molecule has 1 heterocycles. The Hall–Kier alpha value is -1.08. The van der Waals surface area contributed by atoms with E-state index >= 15 is 0 Å². The summed E-state index contributed by atoms with van der Waals surface area (Å²) in [6.45, 7) is 3.56. The van der Waals surface area contributed by atoms with Crippen molar-refractivity contribution in [1.82, 2.24) is 15.0 Å². The van der Waals surface area contributed by atoms with Crippen LogP contribution in [-0.4, -0.2) is 33.9 Å². The fraction of sp³-hybridized carbons (Fsp3) is 0.667. The number of nitrogens with two attached hydrogens (primary N) is 2. The lowest BCUT2D eigenvalue weighted by atomic mass is 10.5. The maximum absolute atomic E-state index is 5.46. The topological polar surface area (TPSA) is 99.9 Å². The third kappa shape index (κ3) is 5.13. The first-order valence-corrected chi connectivity index (χ1v) is 6.29. The van der Waals surface area contributed by atoms with Crippen molar-refractivity contribution in [3.8, 4) is 0 Å². The summed E-state index contributed by atoms with van der Waals surface area (Å²) in [5.74, 6) is 2.69. The van der Waals surface area contributed by atoms with Gasteiger partial charge in [-0.3, -0.25) is 0 Å². The van der Waals surface area contributed by atoms with Crippen LogP contribution in [-0.2, 0) is 10.5 Å². The van der Waals surface area contributed by atoms with Gasteiger partial charge in [0, 0.05) is 13.2 Å². The van der Waals surface area contributed by atoms with Gasteiger partial charge in [0.2, 0.25) is 11.9 Å². The van der Waals surface area contributed by atoms with Crippen LogP contribution < -0.4 is 11.5 Å². The van der Waals surface area contributed by atoms with Gasteiger partial charge in [0.05, 0.1) is 5.75 Å². The average molecular weight is 243 g/mol. The zero-order valence-electron chi connectivity index (χ0n) is 9.35. The number of nitrogens with zero attached hydrogens (tertiary/aromatic N) is 3. The molecule has 0 bridgehead atoms. The molecule has 7 heteroatoms. The van der Waals surface area contributed by atoms with Crippen LogP contribution in [0, 0.1) is 0 Å². The molecule has 0 aliphatic carbocycles. The first kappa shape index (κ1) is 13.0. The number of nitrogen functional groups attached to an aromatic ring is 2. The highest BCUT2D eigenvalue weighted by Gasteiger charge is 2.01. The molecular weight excluding hydrogens is 226 g/mol. The molecule has 0 unspecified atom stereocenters. The van der Waals surface area contributed by atoms with Crippen LogP contribution in [0.5, 0.6) is 0 Å². The molecule has 1 aromatic rings. The molecule has 0 aromatic carbocycles. The van der Waals surface area contributed by atoms with Crippen LogP contribution in [0.15, 0.2) is 0 Å². The zero-order chi connectivity index (χ0) is 11.8. The highest BCUT2D eigenvalue weighted by molar-refractivity contribution is 7.98. The highest BCUT2D eigenvalue weighted by Crippen LogP contribution is 2.10. The quantitative estimate of drug-likeness (QED) is 0.680. The molecule has 0 amide bonds. The van der Waals surface area contributed by atoms with Gasteiger partial charge < -0.3 is 16.2 Å². The number of thioether (sulfide) groups is 1. The lowest BCUT2D eigenvalue weighted by Gasteiger charge is -2.02. The third-order valence-electron chi connectivity index (χ3n) is 1.73. The number of hydrogen-bond acceptors (Lipinski definition) is 7. The van der Waals surface area contributed by atoms with E-state index < -0.39 is 0 Å². The van der Waals surface area contributed by atoms with Gasteiger partial charge in [0.15, 0.2) is 0 Å². The molecule has 0 saturated carbocycles. The molecule has 0 saturated heterocycles. The van der Waals surface area contributed by atoms with E-state index in [0.717, 1.165) is 25.4 Å². The molecule has 0 aliphatic heterocycles. The minimum atomic E-state index is 0.178. The summed E-state index contributed by atoms with van der Waals surface area (Å²) in [5.41, 5.74) is 10.9. The second-order valence-corrected chi connectivity index (χ2v) is 4.18. The van der Waals surface area contributed by atoms with E-state index in [1.807, 2.05) is 6.92 Å². The van der Waals surface area contributed by atoms with E-state index in [-0.39, 0.29) is 11.9 Å². The van der Waals surface area contributed by atoms with Crippen LogP contribution in [0.3, 0.4) is 0 Å². The van der Waals surface area contributed by atoms with Crippen molar-refractivity contribution in [2.45, 2.75) is 19.1 Å². The molecule has 0 aliphatic rings. The highest BCUT2D eigenvalue weighted by atomic mass is 32.2. The van der Waals surface area contributed by atoms with E-state index in [4.69, 9.17) is 16.2 Å². The van der Waals surface area contributed by atoms with Gasteiger partial charge in [-0.05, 0) is 19.1 Å². The zero-order valence-corrected chi connectivity index (χ0v) is 10.2. The molecule has 0 spiro atoms. The van der Waals surface area contributed by atoms with Crippen molar-refractivity contribution < 1.29 is 4.74 Å². The predicted octanol–water partition coefficient (Wildman–Crippen LogP) is 0.696. The minimum Gasteiger partial charge on any atom is -0.382 e. The van der Waals surface area contributed by atoms with Gasteiger partial charge in [-0.1, -0.05) is 0 Å². The maximum Gasteiger partial charge on any atom is 0.225 e. The van der Waals surface area contributed by atoms with E-state index in [1.165, 1.54) is 0 Å².